The molecule has 2 aliphatic heterocycles. The van der Waals surface area contributed by atoms with E-state index in [2.05, 4.69) is 46.6 Å². The van der Waals surface area contributed by atoms with Gasteiger partial charge in [0.1, 0.15) is 18.3 Å². The molecular formula is C31H51N5O9SSi. The molecule has 1 aromatic heterocycles. The van der Waals surface area contributed by atoms with E-state index in [9.17, 15) is 24.0 Å². The number of hydrogen-bond acceptors (Lipinski definition) is 12. The number of esters is 2. The summed E-state index contributed by atoms with van der Waals surface area (Å²) in [5.74, 6) is -2.17. The van der Waals surface area contributed by atoms with Crippen molar-refractivity contribution in [1.29, 1.82) is 0 Å². The van der Waals surface area contributed by atoms with E-state index in [-0.39, 0.29) is 29.2 Å². The van der Waals surface area contributed by atoms with Gasteiger partial charge in [-0.2, -0.15) is 0 Å². The van der Waals surface area contributed by atoms with Gasteiger partial charge in [-0.3, -0.25) is 19.2 Å². The molecule has 3 heterocycles. The molecule has 14 nitrogen and oxygen atoms in total. The van der Waals surface area contributed by atoms with Crippen LogP contribution in [0.25, 0.3) is 0 Å². The number of hydrogen-bond donors (Lipinski definition) is 3. The van der Waals surface area contributed by atoms with E-state index in [1.807, 2.05) is 13.1 Å². The Balaban J connectivity index is 1.61. The van der Waals surface area contributed by atoms with Gasteiger partial charge in [0.05, 0.1) is 13.7 Å². The molecule has 1 aromatic rings. The minimum Gasteiger partial charge on any atom is -0.467 e. The van der Waals surface area contributed by atoms with Crippen molar-refractivity contribution < 1.29 is 42.6 Å². The normalized spacial score (nSPS) is 17.7. The lowest BCUT2D eigenvalue weighted by Crippen LogP contribution is -2.56. The lowest BCUT2D eigenvalue weighted by molar-refractivity contribution is -0.151. The zero-order valence-corrected chi connectivity index (χ0v) is 30.5. The maximum absolute atomic E-state index is 13.4. The van der Waals surface area contributed by atoms with Crippen molar-refractivity contribution in [2.75, 3.05) is 58.1 Å². The molecule has 0 bridgehead atoms. The topological polar surface area (TPSA) is 174 Å². The molecule has 2 fully saturated rings. The van der Waals surface area contributed by atoms with Crippen LogP contribution in [-0.4, -0.2) is 108 Å². The summed E-state index contributed by atoms with van der Waals surface area (Å²) in [6.45, 7) is 14.3. The third kappa shape index (κ3) is 11.5. The molecule has 3 N–H and O–H groups in total. The number of ether oxygens (including phenoxy) is 3. The van der Waals surface area contributed by atoms with Gasteiger partial charge in [-0.1, -0.05) is 20.8 Å². The number of aromatic nitrogens is 1. The molecule has 3 amide bonds. The highest BCUT2D eigenvalue weighted by Gasteiger charge is 2.39. The van der Waals surface area contributed by atoms with E-state index in [1.165, 1.54) is 18.3 Å². The van der Waals surface area contributed by atoms with Crippen LogP contribution in [-0.2, 0) is 37.8 Å². The number of nitrogens with one attached hydrogen (secondary N) is 3. The Hall–Kier alpha value is -3.08. The third-order valence-corrected chi connectivity index (χ3v) is 14.5. The Kier molecular flexibility index (Phi) is 14.2. The highest BCUT2D eigenvalue weighted by molar-refractivity contribution is 7.13. The number of methoxy groups -OCH3 is 1. The Morgan fingerprint density at radius 1 is 1.04 bits per heavy atom. The number of nitrogens with zero attached hydrogens (tertiary/aromatic N) is 2. The molecule has 16 heteroatoms. The first kappa shape index (κ1) is 38.4. The predicted molar refractivity (Wildman–Crippen MR) is 179 cm³/mol. The minimum atomic E-state index is -2.33. The highest BCUT2D eigenvalue weighted by Crippen LogP contribution is 2.36. The average Bonchev–Trinajstić information content (AvgIpc) is 3.54. The lowest BCUT2D eigenvalue weighted by Gasteiger charge is -2.37. The molecule has 2 saturated heterocycles. The molecule has 0 unspecified atom stereocenters. The van der Waals surface area contributed by atoms with Gasteiger partial charge in [-0.15, -0.1) is 11.3 Å². The molecule has 3 rings (SSSR count). The van der Waals surface area contributed by atoms with Crippen molar-refractivity contribution >= 4 is 54.4 Å². The average molecular weight is 698 g/mol. The fourth-order valence-electron chi connectivity index (χ4n) is 4.90. The van der Waals surface area contributed by atoms with Gasteiger partial charge in [-0.25, -0.2) is 9.78 Å². The first-order valence-corrected chi connectivity index (χ1v) is 19.9. The van der Waals surface area contributed by atoms with Crippen LogP contribution in [0.1, 0.15) is 63.9 Å². The van der Waals surface area contributed by atoms with Crippen LogP contribution in [0.3, 0.4) is 0 Å². The molecule has 0 aromatic carbocycles. The van der Waals surface area contributed by atoms with Crippen molar-refractivity contribution in [3.63, 3.8) is 0 Å². The van der Waals surface area contributed by atoms with Crippen molar-refractivity contribution in [3.8, 4) is 0 Å². The predicted octanol–water partition coefficient (Wildman–Crippen LogP) is 2.24. The van der Waals surface area contributed by atoms with Crippen LogP contribution in [0.2, 0.25) is 18.1 Å². The molecule has 264 valence electrons. The summed E-state index contributed by atoms with van der Waals surface area (Å²) < 4.78 is 21.3. The van der Waals surface area contributed by atoms with E-state index in [1.54, 1.807) is 5.38 Å². The number of rotatable bonds is 14. The minimum absolute atomic E-state index is 0.0306. The Morgan fingerprint density at radius 3 is 2.30 bits per heavy atom. The molecule has 0 radical (unpaired) electrons. The molecule has 2 aliphatic rings. The maximum Gasteiger partial charge on any atom is 0.331 e. The molecular weight excluding hydrogens is 647 g/mol. The van der Waals surface area contributed by atoms with E-state index in [0.717, 1.165) is 45.9 Å². The number of amides is 3. The maximum atomic E-state index is 13.4. The first-order valence-electron chi connectivity index (χ1n) is 16.1. The second-order valence-electron chi connectivity index (χ2n) is 13.6. The van der Waals surface area contributed by atoms with E-state index in [0.29, 0.717) is 30.8 Å². The second-order valence-corrected chi connectivity index (χ2v) is 19.2. The summed E-state index contributed by atoms with van der Waals surface area (Å²) in [6, 6.07) is -2.44. The standard InChI is InChI=1S/C31H51N5O9SSi/c1-20(37)44-17-24(29(41)42-5)34-27(39)23(18-45-47(6,7)31(2,3)4)33-28(40)25-19-46-30(35-25)36-12-8-21(9-13-36)16-32-26(38)22-10-14-43-15-11-22/h19,21-24H,8-18H2,1-7H3,(H,32,38)(H,33,40)(H,34,39)/t23-,24-/m0/s1. The van der Waals surface area contributed by atoms with Crippen molar-refractivity contribution in [2.24, 2.45) is 11.8 Å². The summed E-state index contributed by atoms with van der Waals surface area (Å²) in [6.07, 6.45) is 3.31. The molecule has 0 spiro atoms. The van der Waals surface area contributed by atoms with Crippen LogP contribution < -0.4 is 20.9 Å². The van der Waals surface area contributed by atoms with Gasteiger partial charge in [-0.05, 0) is 49.7 Å². The zero-order valence-electron chi connectivity index (χ0n) is 28.6. The monoisotopic (exact) mass is 697 g/mol. The smallest absolute Gasteiger partial charge is 0.331 e. The van der Waals surface area contributed by atoms with Crippen LogP contribution in [0.5, 0.6) is 0 Å². The summed E-state index contributed by atoms with van der Waals surface area (Å²) in [4.78, 5) is 69.6. The van der Waals surface area contributed by atoms with Gasteiger partial charge < -0.3 is 39.5 Å². The zero-order chi connectivity index (χ0) is 34.8. The molecule has 0 aliphatic carbocycles. The van der Waals surface area contributed by atoms with Gasteiger partial charge in [0.2, 0.25) is 11.8 Å². The number of carbonyl (C=O) groups is 5. The number of carbonyl (C=O) groups excluding carboxylic acids is 5. The van der Waals surface area contributed by atoms with Crippen LogP contribution in [0.4, 0.5) is 5.13 Å². The highest BCUT2D eigenvalue weighted by atomic mass is 32.1. The Morgan fingerprint density at radius 2 is 1.70 bits per heavy atom. The van der Waals surface area contributed by atoms with E-state index < -0.39 is 50.8 Å². The van der Waals surface area contributed by atoms with Crippen LogP contribution in [0, 0.1) is 11.8 Å². The number of anilines is 1. The van der Waals surface area contributed by atoms with Crippen molar-refractivity contribution in [3.05, 3.63) is 11.1 Å². The Bertz CT molecular complexity index is 1240. The lowest BCUT2D eigenvalue weighted by atomic mass is 9.95. The quantitative estimate of drug-likeness (QED) is 0.192. The molecule has 2 atom stereocenters. The van der Waals surface area contributed by atoms with Crippen molar-refractivity contribution in [1.82, 2.24) is 20.9 Å². The van der Waals surface area contributed by atoms with Gasteiger partial charge in [0.15, 0.2) is 19.5 Å². The first-order chi connectivity index (χ1) is 22.1. The molecule has 0 saturated carbocycles. The fourth-order valence-corrected chi connectivity index (χ4v) is 6.77. The van der Waals surface area contributed by atoms with Gasteiger partial charge >= 0.3 is 11.9 Å². The largest absolute Gasteiger partial charge is 0.467 e. The van der Waals surface area contributed by atoms with Crippen LogP contribution >= 0.6 is 11.3 Å². The summed E-state index contributed by atoms with van der Waals surface area (Å²) in [5, 5.41) is 10.6. The van der Waals surface area contributed by atoms with Gasteiger partial charge in [0.25, 0.3) is 5.91 Å². The summed E-state index contributed by atoms with van der Waals surface area (Å²) in [5.41, 5.74) is 0.158. The Labute approximate surface area is 282 Å². The van der Waals surface area contributed by atoms with Crippen molar-refractivity contribution in [2.45, 2.75) is 83.6 Å². The fraction of sp³-hybridized carbons (Fsp3) is 0.742. The second kappa shape index (κ2) is 17.4. The molecule has 47 heavy (non-hydrogen) atoms. The third-order valence-electron chi connectivity index (χ3n) is 9.06. The summed E-state index contributed by atoms with van der Waals surface area (Å²) >= 11 is 1.34. The van der Waals surface area contributed by atoms with E-state index in [4.69, 9.17) is 18.6 Å². The van der Waals surface area contributed by atoms with Gasteiger partial charge in [0, 0.05) is 51.1 Å². The summed E-state index contributed by atoms with van der Waals surface area (Å²) in [7, 11) is -1.17. The SMILES string of the molecule is COC(=O)[C@H](COC(C)=O)NC(=O)[C@H](CO[Si](C)(C)C(C)(C)C)NC(=O)c1csc(N2CCC(CNC(=O)C3CCOCC3)CC2)n1. The van der Waals surface area contributed by atoms with E-state index >= 15 is 0 Å². The number of thiazole rings is 1. The number of piperidine rings is 1. The van der Waals surface area contributed by atoms with Crippen LogP contribution in [0.15, 0.2) is 5.38 Å².